The molecule has 0 spiro atoms. The summed E-state index contributed by atoms with van der Waals surface area (Å²) in [7, 11) is 4.07. The molecule has 1 saturated heterocycles. The van der Waals surface area contributed by atoms with Crippen LogP contribution in [0.25, 0.3) is 0 Å². The summed E-state index contributed by atoms with van der Waals surface area (Å²) in [6.45, 7) is 8.12. The smallest absolute Gasteiger partial charge is 0.161 e. The summed E-state index contributed by atoms with van der Waals surface area (Å²) in [5, 5.41) is 0. The molecule has 1 saturated carbocycles. The van der Waals surface area contributed by atoms with E-state index in [1.165, 1.54) is 49.8 Å². The fraction of sp³-hybridized carbons (Fsp3) is 0.739. The molecule has 0 bridgehead atoms. The van der Waals surface area contributed by atoms with Crippen LogP contribution in [0.4, 0.5) is 0 Å². The van der Waals surface area contributed by atoms with E-state index < -0.39 is 0 Å². The lowest BCUT2D eigenvalue weighted by Crippen LogP contribution is -2.55. The molecule has 1 unspecified atom stereocenters. The molecule has 0 aromatic heterocycles. The van der Waals surface area contributed by atoms with Crippen molar-refractivity contribution in [1.82, 2.24) is 9.80 Å². The molecule has 150 valence electrons. The van der Waals surface area contributed by atoms with Crippen molar-refractivity contribution in [3.05, 3.63) is 23.3 Å². The Labute approximate surface area is 164 Å². The van der Waals surface area contributed by atoms with Gasteiger partial charge in [-0.05, 0) is 74.8 Å². The van der Waals surface area contributed by atoms with Crippen molar-refractivity contribution < 1.29 is 9.47 Å². The number of methoxy groups -OCH3 is 1. The number of nitrogens with zero attached hydrogens (tertiary/aromatic N) is 2. The Morgan fingerprint density at radius 2 is 1.89 bits per heavy atom. The molecule has 4 heteroatoms. The summed E-state index contributed by atoms with van der Waals surface area (Å²) in [4.78, 5) is 5.28. The second-order valence-corrected chi connectivity index (χ2v) is 9.21. The van der Waals surface area contributed by atoms with E-state index in [1.54, 1.807) is 7.11 Å². The molecule has 0 N–H and O–H groups in total. The molecular formula is C23H36N2O2. The van der Waals surface area contributed by atoms with Gasteiger partial charge in [0.05, 0.1) is 13.2 Å². The first-order chi connectivity index (χ1) is 13.0. The number of hydrogen-bond acceptors (Lipinski definition) is 4. The third-order valence-electron chi connectivity index (χ3n) is 6.76. The molecule has 4 nitrogen and oxygen atoms in total. The van der Waals surface area contributed by atoms with Crippen LogP contribution >= 0.6 is 0 Å². The summed E-state index contributed by atoms with van der Waals surface area (Å²) < 4.78 is 12.1. The van der Waals surface area contributed by atoms with E-state index in [0.717, 1.165) is 36.9 Å². The summed E-state index contributed by atoms with van der Waals surface area (Å²) in [6, 6.07) is 5.71. The van der Waals surface area contributed by atoms with Crippen molar-refractivity contribution in [3.63, 3.8) is 0 Å². The highest BCUT2D eigenvalue weighted by molar-refractivity contribution is 5.50. The number of fused-ring (bicyclic) bond motifs is 3. The Balaban J connectivity index is 1.56. The Bertz CT molecular complexity index is 654. The van der Waals surface area contributed by atoms with Crippen molar-refractivity contribution in [2.45, 2.75) is 70.6 Å². The van der Waals surface area contributed by atoms with Gasteiger partial charge in [-0.15, -0.1) is 0 Å². The van der Waals surface area contributed by atoms with Gasteiger partial charge in [-0.1, -0.05) is 13.8 Å². The second kappa shape index (κ2) is 8.00. The van der Waals surface area contributed by atoms with Crippen molar-refractivity contribution in [3.8, 4) is 11.5 Å². The molecule has 2 aliphatic heterocycles. The fourth-order valence-corrected chi connectivity index (χ4v) is 5.26. The SMILES string of the molecule is COc1cc2c(cc1OC1CCCC1)CCN1C[C@@H](CC(C)C)N(C)CC21. The molecule has 0 radical (unpaired) electrons. The van der Waals surface area contributed by atoms with Gasteiger partial charge in [0.2, 0.25) is 0 Å². The number of ether oxygens (including phenoxy) is 2. The van der Waals surface area contributed by atoms with Crippen molar-refractivity contribution in [2.24, 2.45) is 5.92 Å². The standard InChI is InChI=1S/C23H36N2O2/c1-16(2)11-18-14-25-10-9-17-12-23(27-19-7-5-6-8-19)22(26-4)13-20(17)21(25)15-24(18)3/h12-13,16,18-19,21H,5-11,14-15H2,1-4H3/t18-,21?/m1/s1. The van der Waals surface area contributed by atoms with Crippen LogP contribution in [0.2, 0.25) is 0 Å². The van der Waals surface area contributed by atoms with Crippen LogP contribution in [-0.2, 0) is 6.42 Å². The van der Waals surface area contributed by atoms with Crippen LogP contribution in [0.3, 0.4) is 0 Å². The Morgan fingerprint density at radius 3 is 2.59 bits per heavy atom. The number of likely N-dealkylation sites (N-methyl/N-ethyl adjacent to an activating group) is 1. The van der Waals surface area contributed by atoms with Crippen molar-refractivity contribution in [1.29, 1.82) is 0 Å². The molecule has 2 atom stereocenters. The first-order valence-corrected chi connectivity index (χ1v) is 10.9. The van der Waals surface area contributed by atoms with Gasteiger partial charge in [0, 0.05) is 31.7 Å². The lowest BCUT2D eigenvalue weighted by Gasteiger charge is -2.48. The zero-order chi connectivity index (χ0) is 19.0. The summed E-state index contributed by atoms with van der Waals surface area (Å²) in [5.41, 5.74) is 2.91. The number of benzene rings is 1. The molecule has 0 amide bonds. The highest BCUT2D eigenvalue weighted by atomic mass is 16.5. The van der Waals surface area contributed by atoms with E-state index >= 15 is 0 Å². The second-order valence-electron chi connectivity index (χ2n) is 9.21. The van der Waals surface area contributed by atoms with Gasteiger partial charge >= 0.3 is 0 Å². The Kier molecular flexibility index (Phi) is 5.65. The fourth-order valence-electron chi connectivity index (χ4n) is 5.26. The van der Waals surface area contributed by atoms with Crippen LogP contribution < -0.4 is 9.47 Å². The van der Waals surface area contributed by atoms with Gasteiger partial charge in [-0.2, -0.15) is 0 Å². The van der Waals surface area contributed by atoms with Crippen LogP contribution in [-0.4, -0.2) is 55.7 Å². The maximum atomic E-state index is 6.33. The lowest BCUT2D eigenvalue weighted by molar-refractivity contribution is 0.0294. The maximum absolute atomic E-state index is 6.33. The summed E-state index contributed by atoms with van der Waals surface area (Å²) in [6.07, 6.45) is 7.71. The predicted molar refractivity (Wildman–Crippen MR) is 110 cm³/mol. The summed E-state index contributed by atoms with van der Waals surface area (Å²) in [5.74, 6) is 2.62. The van der Waals surface area contributed by atoms with Crippen molar-refractivity contribution >= 4 is 0 Å². The molecule has 1 aromatic carbocycles. The van der Waals surface area contributed by atoms with E-state index in [-0.39, 0.29) is 0 Å². The Hall–Kier alpha value is -1.26. The molecule has 1 aromatic rings. The quantitative estimate of drug-likeness (QED) is 0.770. The van der Waals surface area contributed by atoms with Crippen LogP contribution in [0, 0.1) is 5.92 Å². The molecule has 27 heavy (non-hydrogen) atoms. The average Bonchev–Trinajstić information content (AvgIpc) is 3.14. The number of rotatable bonds is 5. The maximum Gasteiger partial charge on any atom is 0.161 e. The lowest BCUT2D eigenvalue weighted by atomic mass is 9.88. The largest absolute Gasteiger partial charge is 0.493 e. The predicted octanol–water partition coefficient (Wildman–Crippen LogP) is 4.28. The number of hydrogen-bond donors (Lipinski definition) is 0. The van der Waals surface area contributed by atoms with Gasteiger partial charge in [-0.3, -0.25) is 4.90 Å². The zero-order valence-corrected chi connectivity index (χ0v) is 17.5. The molecular weight excluding hydrogens is 336 g/mol. The van der Waals surface area contributed by atoms with E-state index in [2.05, 4.69) is 42.8 Å². The molecule has 3 aliphatic rings. The minimum Gasteiger partial charge on any atom is -0.493 e. The monoisotopic (exact) mass is 372 g/mol. The van der Waals surface area contributed by atoms with E-state index in [1.807, 2.05) is 0 Å². The van der Waals surface area contributed by atoms with E-state index in [0.29, 0.717) is 18.2 Å². The number of piperazine rings is 1. The normalized spacial score (nSPS) is 26.9. The van der Waals surface area contributed by atoms with Crippen LogP contribution in [0.5, 0.6) is 11.5 Å². The minimum atomic E-state index is 0.370. The molecule has 2 fully saturated rings. The van der Waals surface area contributed by atoms with Gasteiger partial charge in [0.1, 0.15) is 0 Å². The highest BCUT2D eigenvalue weighted by Crippen LogP contribution is 2.41. The molecule has 4 rings (SSSR count). The molecule has 2 heterocycles. The average molecular weight is 373 g/mol. The van der Waals surface area contributed by atoms with E-state index in [9.17, 15) is 0 Å². The zero-order valence-electron chi connectivity index (χ0n) is 17.5. The Morgan fingerprint density at radius 1 is 1.11 bits per heavy atom. The summed E-state index contributed by atoms with van der Waals surface area (Å²) >= 11 is 0. The third-order valence-corrected chi connectivity index (χ3v) is 6.76. The van der Waals surface area contributed by atoms with E-state index in [4.69, 9.17) is 9.47 Å². The van der Waals surface area contributed by atoms with Gasteiger partial charge in [0.15, 0.2) is 11.5 Å². The van der Waals surface area contributed by atoms with Crippen LogP contribution in [0.15, 0.2) is 12.1 Å². The minimum absolute atomic E-state index is 0.370. The van der Waals surface area contributed by atoms with Crippen molar-refractivity contribution in [2.75, 3.05) is 33.8 Å². The van der Waals surface area contributed by atoms with Gasteiger partial charge in [-0.25, -0.2) is 0 Å². The highest BCUT2D eigenvalue weighted by Gasteiger charge is 2.37. The molecule has 1 aliphatic carbocycles. The topological polar surface area (TPSA) is 24.9 Å². The van der Waals surface area contributed by atoms with Gasteiger partial charge < -0.3 is 14.4 Å². The third kappa shape index (κ3) is 3.97. The van der Waals surface area contributed by atoms with Crippen LogP contribution in [0.1, 0.15) is 63.1 Å². The first-order valence-electron chi connectivity index (χ1n) is 10.9. The van der Waals surface area contributed by atoms with Gasteiger partial charge in [0.25, 0.3) is 0 Å². The first kappa shape index (κ1) is 19.1.